The number of hydrogen-bond acceptors (Lipinski definition) is 4. The van der Waals surface area contributed by atoms with E-state index in [1.54, 1.807) is 11.9 Å². The summed E-state index contributed by atoms with van der Waals surface area (Å²) in [6.07, 6.45) is 2.16. The molecule has 0 atom stereocenters. The highest BCUT2D eigenvalue weighted by Gasteiger charge is 2.30. The molecule has 0 unspecified atom stereocenters. The Labute approximate surface area is 115 Å². The molecule has 1 aliphatic rings. The molecule has 0 aromatic rings. The number of carbonyl (C=O) groups excluding carboxylic acids is 1. The molecule has 19 heavy (non-hydrogen) atoms. The van der Waals surface area contributed by atoms with E-state index in [0.717, 1.165) is 0 Å². The van der Waals surface area contributed by atoms with Crippen molar-refractivity contribution in [2.45, 2.75) is 45.3 Å². The molecule has 0 aromatic heterocycles. The summed E-state index contributed by atoms with van der Waals surface area (Å²) in [5.41, 5.74) is -0.502. The highest BCUT2D eigenvalue weighted by Crippen LogP contribution is 2.19. The monoisotopic (exact) mass is 292 g/mol. The molecular weight excluding hydrogens is 268 g/mol. The summed E-state index contributed by atoms with van der Waals surface area (Å²) >= 11 is 0. The minimum atomic E-state index is -3.17. The van der Waals surface area contributed by atoms with Crippen LogP contribution in [0.2, 0.25) is 0 Å². The first kappa shape index (κ1) is 16.2. The third-order valence-corrected chi connectivity index (χ3v) is 4.50. The predicted molar refractivity (Wildman–Crippen MR) is 73.4 cm³/mol. The molecule has 6 nitrogen and oxygen atoms in total. The Kier molecular flexibility index (Phi) is 4.84. The summed E-state index contributed by atoms with van der Waals surface area (Å²) in [6.45, 7) is 6.54. The third-order valence-electron chi connectivity index (χ3n) is 3.15. The largest absolute Gasteiger partial charge is 0.444 e. The van der Waals surface area contributed by atoms with Gasteiger partial charge >= 0.3 is 6.09 Å². The Balaban J connectivity index is 2.52. The summed E-state index contributed by atoms with van der Waals surface area (Å²) in [5.74, 6) is 0. The number of likely N-dealkylation sites (tertiary alicyclic amines) is 1. The van der Waals surface area contributed by atoms with Crippen molar-refractivity contribution in [2.75, 3.05) is 26.4 Å². The van der Waals surface area contributed by atoms with Crippen LogP contribution in [0.4, 0.5) is 4.79 Å². The fourth-order valence-corrected chi connectivity index (χ4v) is 2.76. The fourth-order valence-electron chi connectivity index (χ4n) is 2.01. The standard InChI is InChI=1S/C12H24N2O4S/c1-12(2,3)18-11(15)14-8-6-10(7-9-14)13(4)19(5,16)17/h10H,6-9H2,1-5H3. The van der Waals surface area contributed by atoms with Crippen molar-refractivity contribution in [3.63, 3.8) is 0 Å². The average molecular weight is 292 g/mol. The van der Waals surface area contributed by atoms with E-state index in [1.165, 1.54) is 10.6 Å². The van der Waals surface area contributed by atoms with Crippen LogP contribution in [0.3, 0.4) is 0 Å². The minimum absolute atomic E-state index is 0.0336. The van der Waals surface area contributed by atoms with Gasteiger partial charge in [0.15, 0.2) is 0 Å². The number of piperidine rings is 1. The quantitative estimate of drug-likeness (QED) is 0.769. The van der Waals surface area contributed by atoms with Crippen molar-refractivity contribution in [1.82, 2.24) is 9.21 Å². The zero-order chi connectivity index (χ0) is 14.8. The SMILES string of the molecule is CN(C1CCN(C(=O)OC(C)(C)C)CC1)S(C)(=O)=O. The number of sulfonamides is 1. The molecule has 0 aliphatic carbocycles. The van der Waals surface area contributed by atoms with Gasteiger partial charge < -0.3 is 9.64 Å². The zero-order valence-corrected chi connectivity index (χ0v) is 13.2. The van der Waals surface area contributed by atoms with E-state index < -0.39 is 15.6 Å². The van der Waals surface area contributed by atoms with Gasteiger partial charge in [-0.2, -0.15) is 0 Å². The fraction of sp³-hybridized carbons (Fsp3) is 0.917. The minimum Gasteiger partial charge on any atom is -0.444 e. The van der Waals surface area contributed by atoms with Crippen LogP contribution in [-0.2, 0) is 14.8 Å². The molecular formula is C12H24N2O4S. The van der Waals surface area contributed by atoms with Gasteiger partial charge in [-0.25, -0.2) is 17.5 Å². The van der Waals surface area contributed by atoms with Gasteiger partial charge in [-0.3, -0.25) is 0 Å². The molecule has 0 radical (unpaired) electrons. The van der Waals surface area contributed by atoms with E-state index in [4.69, 9.17) is 4.74 Å². The van der Waals surface area contributed by atoms with Gasteiger partial charge in [-0.05, 0) is 33.6 Å². The van der Waals surface area contributed by atoms with Crippen LogP contribution in [0.15, 0.2) is 0 Å². The predicted octanol–water partition coefficient (Wildman–Crippen LogP) is 1.28. The van der Waals surface area contributed by atoms with E-state index in [0.29, 0.717) is 25.9 Å². The third kappa shape index (κ3) is 4.99. The molecule has 7 heteroatoms. The molecule has 112 valence electrons. The number of nitrogens with zero attached hydrogens (tertiary/aromatic N) is 2. The number of rotatable bonds is 2. The van der Waals surface area contributed by atoms with Gasteiger partial charge in [0.2, 0.25) is 10.0 Å². The molecule has 0 spiro atoms. The van der Waals surface area contributed by atoms with Gasteiger partial charge in [-0.15, -0.1) is 0 Å². The maximum absolute atomic E-state index is 11.9. The van der Waals surface area contributed by atoms with Crippen LogP contribution in [0.25, 0.3) is 0 Å². The smallest absolute Gasteiger partial charge is 0.410 e. The summed E-state index contributed by atoms with van der Waals surface area (Å²) < 4.78 is 29.6. The van der Waals surface area contributed by atoms with Crippen LogP contribution in [-0.4, -0.2) is 61.8 Å². The van der Waals surface area contributed by atoms with Crippen LogP contribution in [0.1, 0.15) is 33.6 Å². The Morgan fingerprint density at radius 2 is 1.74 bits per heavy atom. The second-order valence-electron chi connectivity index (χ2n) is 5.98. The van der Waals surface area contributed by atoms with Gasteiger partial charge in [0.05, 0.1) is 6.26 Å². The Morgan fingerprint density at radius 1 is 1.26 bits per heavy atom. The number of hydrogen-bond donors (Lipinski definition) is 0. The van der Waals surface area contributed by atoms with E-state index in [9.17, 15) is 13.2 Å². The Bertz CT molecular complexity index is 420. The van der Waals surface area contributed by atoms with Crippen molar-refractivity contribution >= 4 is 16.1 Å². The molecule has 1 aliphatic heterocycles. The van der Waals surface area contributed by atoms with Gasteiger partial charge in [0.1, 0.15) is 5.60 Å². The topological polar surface area (TPSA) is 66.9 Å². The summed E-state index contributed by atoms with van der Waals surface area (Å²) in [4.78, 5) is 13.5. The van der Waals surface area contributed by atoms with Gasteiger partial charge in [0, 0.05) is 26.2 Å². The van der Waals surface area contributed by atoms with Crippen LogP contribution in [0, 0.1) is 0 Å². The molecule has 1 rings (SSSR count). The van der Waals surface area contributed by atoms with Gasteiger partial charge in [-0.1, -0.05) is 0 Å². The lowest BCUT2D eigenvalue weighted by atomic mass is 10.1. The second-order valence-corrected chi connectivity index (χ2v) is 8.02. The molecule has 0 N–H and O–H groups in total. The lowest BCUT2D eigenvalue weighted by Crippen LogP contribution is -2.48. The van der Waals surface area contributed by atoms with E-state index in [2.05, 4.69) is 0 Å². The first-order valence-electron chi connectivity index (χ1n) is 6.41. The summed E-state index contributed by atoms with van der Waals surface area (Å²) in [5, 5.41) is 0. The molecule has 0 aromatic carbocycles. The zero-order valence-electron chi connectivity index (χ0n) is 12.3. The van der Waals surface area contributed by atoms with E-state index >= 15 is 0 Å². The first-order chi connectivity index (χ1) is 8.50. The molecule has 0 bridgehead atoms. The Hall–Kier alpha value is -0.820. The normalized spacial score (nSPS) is 18.7. The van der Waals surface area contributed by atoms with Crippen molar-refractivity contribution in [3.05, 3.63) is 0 Å². The van der Waals surface area contributed by atoms with Crippen molar-refractivity contribution in [1.29, 1.82) is 0 Å². The number of amides is 1. The van der Waals surface area contributed by atoms with E-state index in [1.807, 2.05) is 20.8 Å². The number of carbonyl (C=O) groups is 1. The second kappa shape index (κ2) is 5.66. The average Bonchev–Trinajstić information content (AvgIpc) is 2.24. The first-order valence-corrected chi connectivity index (χ1v) is 8.26. The lowest BCUT2D eigenvalue weighted by molar-refractivity contribution is 0.0183. The van der Waals surface area contributed by atoms with Crippen molar-refractivity contribution < 1.29 is 17.9 Å². The molecule has 1 heterocycles. The maximum Gasteiger partial charge on any atom is 0.410 e. The van der Waals surface area contributed by atoms with Crippen molar-refractivity contribution in [3.8, 4) is 0 Å². The highest BCUT2D eigenvalue weighted by molar-refractivity contribution is 7.88. The highest BCUT2D eigenvalue weighted by atomic mass is 32.2. The van der Waals surface area contributed by atoms with Crippen LogP contribution < -0.4 is 0 Å². The van der Waals surface area contributed by atoms with Crippen LogP contribution in [0.5, 0.6) is 0 Å². The summed E-state index contributed by atoms with van der Waals surface area (Å²) in [7, 11) is -1.58. The molecule has 0 saturated carbocycles. The van der Waals surface area contributed by atoms with E-state index in [-0.39, 0.29) is 12.1 Å². The number of ether oxygens (including phenoxy) is 1. The molecule has 1 saturated heterocycles. The lowest BCUT2D eigenvalue weighted by Gasteiger charge is -2.36. The maximum atomic E-state index is 11.9. The molecule has 1 amide bonds. The molecule has 1 fully saturated rings. The van der Waals surface area contributed by atoms with Crippen LogP contribution >= 0.6 is 0 Å². The summed E-state index contributed by atoms with van der Waals surface area (Å²) in [6, 6.07) is -0.0336. The van der Waals surface area contributed by atoms with Crippen molar-refractivity contribution in [2.24, 2.45) is 0 Å². The van der Waals surface area contributed by atoms with Gasteiger partial charge in [0.25, 0.3) is 0 Å². The Morgan fingerprint density at radius 3 is 2.11 bits per heavy atom.